The van der Waals surface area contributed by atoms with E-state index in [1.54, 1.807) is 6.33 Å². The Bertz CT molecular complexity index is 387. The molecular weight excluding hydrogens is 236 g/mol. The molecule has 1 N–H and O–H groups in total. The highest BCUT2D eigenvalue weighted by atomic mass is 15.3. The number of hydrogen-bond acceptors (Lipinski definition) is 3. The van der Waals surface area contributed by atoms with Gasteiger partial charge in [0.25, 0.3) is 0 Å². The second-order valence-corrected chi connectivity index (χ2v) is 6.85. The van der Waals surface area contributed by atoms with Gasteiger partial charge in [-0.05, 0) is 37.1 Å². The van der Waals surface area contributed by atoms with Crippen molar-refractivity contribution in [3.05, 3.63) is 12.2 Å². The van der Waals surface area contributed by atoms with Crippen molar-refractivity contribution in [1.82, 2.24) is 20.1 Å². The lowest BCUT2D eigenvalue weighted by Crippen LogP contribution is -2.35. The summed E-state index contributed by atoms with van der Waals surface area (Å²) < 4.78 is 2.07. The van der Waals surface area contributed by atoms with Gasteiger partial charge in [-0.2, -0.15) is 5.10 Å². The minimum atomic E-state index is 0.297. The molecule has 0 spiro atoms. The molecule has 1 unspecified atom stereocenters. The molecule has 1 aromatic heterocycles. The molecular formula is C15H28N4. The molecule has 0 radical (unpaired) electrons. The molecule has 19 heavy (non-hydrogen) atoms. The van der Waals surface area contributed by atoms with E-state index in [2.05, 4.69) is 47.8 Å². The highest BCUT2D eigenvalue weighted by Crippen LogP contribution is 2.29. The monoisotopic (exact) mass is 264 g/mol. The molecule has 0 amide bonds. The van der Waals surface area contributed by atoms with Gasteiger partial charge < -0.3 is 5.32 Å². The Kier molecular flexibility index (Phi) is 4.61. The first-order valence-electron chi connectivity index (χ1n) is 7.60. The summed E-state index contributed by atoms with van der Waals surface area (Å²) in [7, 11) is 0. The summed E-state index contributed by atoms with van der Waals surface area (Å²) in [6.07, 6.45) is 6.52. The molecule has 1 saturated carbocycles. The first-order valence-corrected chi connectivity index (χ1v) is 7.60. The molecule has 108 valence electrons. The second-order valence-electron chi connectivity index (χ2n) is 6.85. The Morgan fingerprint density at radius 3 is 2.74 bits per heavy atom. The fourth-order valence-electron chi connectivity index (χ4n) is 2.35. The van der Waals surface area contributed by atoms with Crippen LogP contribution in [0.4, 0.5) is 0 Å². The van der Waals surface area contributed by atoms with Gasteiger partial charge in [0, 0.05) is 19.0 Å². The maximum absolute atomic E-state index is 4.45. The van der Waals surface area contributed by atoms with E-state index in [-0.39, 0.29) is 0 Å². The number of rotatable bonds is 7. The summed E-state index contributed by atoms with van der Waals surface area (Å²) in [5.41, 5.74) is 0.297. The highest BCUT2D eigenvalue weighted by molar-refractivity contribution is 4.93. The molecule has 4 heteroatoms. The zero-order chi connectivity index (χ0) is 13.9. The number of nitrogens with one attached hydrogen (secondary N) is 1. The summed E-state index contributed by atoms with van der Waals surface area (Å²) in [5.74, 6) is 1.74. The van der Waals surface area contributed by atoms with Crippen molar-refractivity contribution in [3.63, 3.8) is 0 Å². The van der Waals surface area contributed by atoms with Crippen LogP contribution in [-0.2, 0) is 13.0 Å². The number of hydrogen-bond donors (Lipinski definition) is 1. The summed E-state index contributed by atoms with van der Waals surface area (Å²) >= 11 is 0. The van der Waals surface area contributed by atoms with Crippen molar-refractivity contribution < 1.29 is 0 Å². The van der Waals surface area contributed by atoms with Crippen molar-refractivity contribution in [2.24, 2.45) is 11.3 Å². The molecule has 2 rings (SSSR count). The van der Waals surface area contributed by atoms with Gasteiger partial charge in [0.2, 0.25) is 0 Å². The van der Waals surface area contributed by atoms with E-state index < -0.39 is 0 Å². The quantitative estimate of drug-likeness (QED) is 0.823. The van der Waals surface area contributed by atoms with Gasteiger partial charge in [-0.25, -0.2) is 4.98 Å². The van der Waals surface area contributed by atoms with Crippen molar-refractivity contribution in [2.45, 2.75) is 66.0 Å². The molecule has 1 atom stereocenters. The fraction of sp³-hybridized carbons (Fsp3) is 0.867. The minimum Gasteiger partial charge on any atom is -0.314 e. The molecule has 1 heterocycles. The van der Waals surface area contributed by atoms with Gasteiger partial charge in [0.1, 0.15) is 12.2 Å². The van der Waals surface area contributed by atoms with Gasteiger partial charge >= 0.3 is 0 Å². The molecule has 0 saturated heterocycles. The van der Waals surface area contributed by atoms with Crippen molar-refractivity contribution in [2.75, 3.05) is 6.54 Å². The second kappa shape index (κ2) is 6.04. The average molecular weight is 264 g/mol. The largest absolute Gasteiger partial charge is 0.314 e. The van der Waals surface area contributed by atoms with E-state index in [9.17, 15) is 0 Å². The lowest BCUT2D eigenvalue weighted by atomic mass is 9.78. The van der Waals surface area contributed by atoms with E-state index in [4.69, 9.17) is 0 Å². The van der Waals surface area contributed by atoms with Crippen LogP contribution in [0.15, 0.2) is 6.33 Å². The van der Waals surface area contributed by atoms with Crippen LogP contribution in [0.1, 0.15) is 52.8 Å². The number of aryl methyl sites for hydroxylation is 1. The fourth-order valence-corrected chi connectivity index (χ4v) is 2.35. The molecule has 1 fully saturated rings. The maximum Gasteiger partial charge on any atom is 0.138 e. The third-order valence-electron chi connectivity index (χ3n) is 4.02. The Morgan fingerprint density at radius 2 is 2.16 bits per heavy atom. The van der Waals surface area contributed by atoms with Gasteiger partial charge in [0.05, 0.1) is 0 Å². The van der Waals surface area contributed by atoms with Crippen molar-refractivity contribution in [1.29, 1.82) is 0 Å². The minimum absolute atomic E-state index is 0.297. The maximum atomic E-state index is 4.45. The van der Waals surface area contributed by atoms with Crippen molar-refractivity contribution in [3.8, 4) is 0 Å². The van der Waals surface area contributed by atoms with Gasteiger partial charge in [-0.1, -0.05) is 27.7 Å². The molecule has 1 aromatic rings. The predicted octanol–water partition coefficient (Wildman–Crippen LogP) is 2.64. The lowest BCUT2D eigenvalue weighted by Gasteiger charge is -2.31. The van der Waals surface area contributed by atoms with Gasteiger partial charge in [0.15, 0.2) is 0 Å². The molecule has 0 aromatic carbocycles. The molecule has 0 aliphatic heterocycles. The molecule has 1 aliphatic rings. The summed E-state index contributed by atoms with van der Waals surface area (Å²) in [6.45, 7) is 11.2. The van der Waals surface area contributed by atoms with Crippen LogP contribution in [0, 0.1) is 11.3 Å². The third kappa shape index (κ3) is 4.30. The number of nitrogens with zero attached hydrogens (tertiary/aromatic N) is 3. The Morgan fingerprint density at radius 1 is 1.42 bits per heavy atom. The van der Waals surface area contributed by atoms with E-state index in [0.29, 0.717) is 11.3 Å². The molecule has 1 aliphatic carbocycles. The van der Waals surface area contributed by atoms with E-state index in [0.717, 1.165) is 37.8 Å². The zero-order valence-electron chi connectivity index (χ0n) is 12.8. The SMILES string of the molecule is CCCn1ncnc1CC(CNC1CC1)C(C)(C)C. The Labute approximate surface area is 117 Å². The highest BCUT2D eigenvalue weighted by Gasteiger charge is 2.29. The lowest BCUT2D eigenvalue weighted by molar-refractivity contribution is 0.224. The van der Waals surface area contributed by atoms with Crippen molar-refractivity contribution >= 4 is 0 Å². The van der Waals surface area contributed by atoms with E-state index in [1.165, 1.54) is 12.8 Å². The Hall–Kier alpha value is -0.900. The van der Waals surface area contributed by atoms with Crippen LogP contribution in [0.25, 0.3) is 0 Å². The van der Waals surface area contributed by atoms with Crippen LogP contribution in [-0.4, -0.2) is 27.4 Å². The van der Waals surface area contributed by atoms with Gasteiger partial charge in [-0.3, -0.25) is 4.68 Å². The number of aromatic nitrogens is 3. The summed E-state index contributed by atoms with van der Waals surface area (Å²) in [6, 6.07) is 0.776. The predicted molar refractivity (Wildman–Crippen MR) is 78.0 cm³/mol. The first-order chi connectivity index (χ1) is 9.00. The normalized spacial score (nSPS) is 17.7. The molecule has 0 bridgehead atoms. The average Bonchev–Trinajstić information content (AvgIpc) is 3.05. The van der Waals surface area contributed by atoms with Gasteiger partial charge in [-0.15, -0.1) is 0 Å². The summed E-state index contributed by atoms with van der Waals surface area (Å²) in [4.78, 5) is 4.45. The zero-order valence-corrected chi connectivity index (χ0v) is 12.8. The first kappa shape index (κ1) is 14.5. The standard InChI is InChI=1S/C15H28N4/c1-5-8-19-14(17-11-18-19)9-12(15(2,3)4)10-16-13-6-7-13/h11-13,16H,5-10H2,1-4H3. The van der Waals surface area contributed by atoms with Crippen LogP contribution in [0.2, 0.25) is 0 Å². The van der Waals surface area contributed by atoms with Crippen LogP contribution >= 0.6 is 0 Å². The third-order valence-corrected chi connectivity index (χ3v) is 4.02. The van der Waals surface area contributed by atoms with Crippen LogP contribution in [0.3, 0.4) is 0 Å². The Balaban J connectivity index is 1.99. The smallest absolute Gasteiger partial charge is 0.138 e. The van der Waals surface area contributed by atoms with Crippen LogP contribution < -0.4 is 5.32 Å². The van der Waals surface area contributed by atoms with E-state index in [1.807, 2.05) is 0 Å². The molecule has 4 nitrogen and oxygen atoms in total. The van der Waals surface area contributed by atoms with E-state index >= 15 is 0 Å². The summed E-state index contributed by atoms with van der Waals surface area (Å²) in [5, 5.41) is 8.00. The topological polar surface area (TPSA) is 42.7 Å². The van der Waals surface area contributed by atoms with Crippen LogP contribution in [0.5, 0.6) is 0 Å².